The number of aryl methyl sites for hydroxylation is 2. The van der Waals surface area contributed by atoms with Crippen LogP contribution in [0.15, 0.2) is 12.3 Å². The molecule has 1 heterocycles. The molecule has 0 saturated carbocycles. The van der Waals surface area contributed by atoms with Crippen molar-refractivity contribution >= 4 is 0 Å². The van der Waals surface area contributed by atoms with Gasteiger partial charge >= 0.3 is 0 Å². The van der Waals surface area contributed by atoms with Crippen molar-refractivity contribution in [1.82, 2.24) is 9.78 Å². The molecule has 0 aliphatic carbocycles. The van der Waals surface area contributed by atoms with Crippen LogP contribution in [0.1, 0.15) is 32.9 Å². The van der Waals surface area contributed by atoms with Gasteiger partial charge in [0.25, 0.3) is 0 Å². The van der Waals surface area contributed by atoms with E-state index >= 15 is 0 Å². The Bertz CT molecular complexity index is 225. The van der Waals surface area contributed by atoms with E-state index in [9.17, 15) is 0 Å². The van der Waals surface area contributed by atoms with Gasteiger partial charge in [-0.3, -0.25) is 4.68 Å². The van der Waals surface area contributed by atoms with E-state index in [1.165, 1.54) is 12.1 Å². The zero-order valence-corrected chi connectivity index (χ0v) is 8.25. The van der Waals surface area contributed by atoms with E-state index in [-0.39, 0.29) is 0 Å². The van der Waals surface area contributed by atoms with Gasteiger partial charge in [-0.2, -0.15) is 5.10 Å². The number of nitrogens with zero attached hydrogens (tertiary/aromatic N) is 2. The Kier molecular flexibility index (Phi) is 3.32. The summed E-state index contributed by atoms with van der Waals surface area (Å²) in [6.45, 7) is 7.67. The monoisotopic (exact) mass is 166 g/mol. The molecule has 1 rings (SSSR count). The number of aromatic nitrogens is 2. The Labute approximate surface area is 74.6 Å². The molecule has 12 heavy (non-hydrogen) atoms. The van der Waals surface area contributed by atoms with E-state index < -0.39 is 0 Å². The lowest BCUT2D eigenvalue weighted by atomic mass is 10.1. The number of rotatable bonds is 4. The van der Waals surface area contributed by atoms with Crippen molar-refractivity contribution in [2.75, 3.05) is 0 Å². The molecule has 1 aromatic heterocycles. The minimum absolute atomic E-state index is 0.763. The van der Waals surface area contributed by atoms with Crippen LogP contribution in [0.5, 0.6) is 0 Å². The van der Waals surface area contributed by atoms with Gasteiger partial charge in [-0.05, 0) is 24.8 Å². The molecule has 0 spiro atoms. The standard InChI is InChI=1S/C10H18N2/c1-4-10-6-8-12(11-10)7-5-9(2)3/h6,8-9H,4-5,7H2,1-3H3. The first kappa shape index (κ1) is 9.30. The van der Waals surface area contributed by atoms with Crippen LogP contribution in [0, 0.1) is 5.92 Å². The van der Waals surface area contributed by atoms with E-state index in [0.717, 1.165) is 18.9 Å². The van der Waals surface area contributed by atoms with Crippen LogP contribution in [0.4, 0.5) is 0 Å². The first-order valence-electron chi connectivity index (χ1n) is 4.74. The third-order valence-electron chi connectivity index (χ3n) is 1.99. The molecule has 0 bridgehead atoms. The summed E-state index contributed by atoms with van der Waals surface area (Å²) >= 11 is 0. The summed E-state index contributed by atoms with van der Waals surface area (Å²) < 4.78 is 2.04. The maximum absolute atomic E-state index is 4.42. The molecule has 2 heteroatoms. The highest BCUT2D eigenvalue weighted by Crippen LogP contribution is 2.03. The van der Waals surface area contributed by atoms with Gasteiger partial charge in [0, 0.05) is 12.7 Å². The second-order valence-corrected chi connectivity index (χ2v) is 3.61. The van der Waals surface area contributed by atoms with Crippen LogP contribution in [0.3, 0.4) is 0 Å². The summed E-state index contributed by atoms with van der Waals surface area (Å²) in [5.74, 6) is 0.763. The normalized spacial score (nSPS) is 11.0. The summed E-state index contributed by atoms with van der Waals surface area (Å²) in [5, 5.41) is 4.42. The van der Waals surface area contributed by atoms with Crippen molar-refractivity contribution in [1.29, 1.82) is 0 Å². The van der Waals surface area contributed by atoms with Crippen molar-refractivity contribution < 1.29 is 0 Å². The van der Waals surface area contributed by atoms with E-state index in [1.807, 2.05) is 4.68 Å². The summed E-state index contributed by atoms with van der Waals surface area (Å²) in [6, 6.07) is 2.10. The van der Waals surface area contributed by atoms with Gasteiger partial charge in [-0.15, -0.1) is 0 Å². The lowest BCUT2D eigenvalue weighted by molar-refractivity contribution is 0.485. The lowest BCUT2D eigenvalue weighted by Gasteiger charge is -2.03. The zero-order valence-electron chi connectivity index (χ0n) is 8.25. The van der Waals surface area contributed by atoms with Crippen LogP contribution in [0.2, 0.25) is 0 Å². The molecule has 0 aliphatic rings. The molecule has 0 amide bonds. The summed E-state index contributed by atoms with van der Waals surface area (Å²) in [6.07, 6.45) is 4.32. The SMILES string of the molecule is CCc1ccn(CCC(C)C)n1. The fraction of sp³-hybridized carbons (Fsp3) is 0.700. The fourth-order valence-electron chi connectivity index (χ4n) is 1.11. The van der Waals surface area contributed by atoms with Gasteiger partial charge in [-0.1, -0.05) is 20.8 Å². The van der Waals surface area contributed by atoms with Crippen molar-refractivity contribution in [3.05, 3.63) is 18.0 Å². The molecule has 0 saturated heterocycles. The molecule has 0 unspecified atom stereocenters. The second kappa shape index (κ2) is 4.29. The van der Waals surface area contributed by atoms with E-state index in [1.54, 1.807) is 0 Å². The van der Waals surface area contributed by atoms with Crippen LogP contribution in [-0.4, -0.2) is 9.78 Å². The Morgan fingerprint density at radius 2 is 2.25 bits per heavy atom. The third-order valence-corrected chi connectivity index (χ3v) is 1.99. The molecule has 1 aromatic rings. The molecule has 0 aromatic carbocycles. The van der Waals surface area contributed by atoms with E-state index in [0.29, 0.717) is 0 Å². The van der Waals surface area contributed by atoms with Gasteiger partial charge in [-0.25, -0.2) is 0 Å². The van der Waals surface area contributed by atoms with Crippen LogP contribution >= 0.6 is 0 Å². The summed E-state index contributed by atoms with van der Waals surface area (Å²) in [4.78, 5) is 0. The molecule has 0 aliphatic heterocycles. The molecular formula is C10H18N2. The third kappa shape index (κ3) is 2.68. The highest BCUT2D eigenvalue weighted by Gasteiger charge is 1.97. The Balaban J connectivity index is 2.41. The molecular weight excluding hydrogens is 148 g/mol. The van der Waals surface area contributed by atoms with Crippen molar-refractivity contribution in [3.63, 3.8) is 0 Å². The van der Waals surface area contributed by atoms with Gasteiger partial charge in [0.15, 0.2) is 0 Å². The van der Waals surface area contributed by atoms with Crippen molar-refractivity contribution in [3.8, 4) is 0 Å². The topological polar surface area (TPSA) is 17.8 Å². The predicted octanol–water partition coefficient (Wildman–Crippen LogP) is 2.49. The average Bonchev–Trinajstić information content (AvgIpc) is 2.48. The minimum Gasteiger partial charge on any atom is -0.272 e. The highest BCUT2D eigenvalue weighted by molar-refractivity contribution is 4.97. The smallest absolute Gasteiger partial charge is 0.0621 e. The Morgan fingerprint density at radius 1 is 1.50 bits per heavy atom. The molecule has 68 valence electrons. The molecule has 2 nitrogen and oxygen atoms in total. The summed E-state index contributed by atoms with van der Waals surface area (Å²) in [7, 11) is 0. The fourth-order valence-corrected chi connectivity index (χ4v) is 1.11. The van der Waals surface area contributed by atoms with Crippen LogP contribution in [-0.2, 0) is 13.0 Å². The number of hydrogen-bond acceptors (Lipinski definition) is 1. The van der Waals surface area contributed by atoms with Gasteiger partial charge in [0.1, 0.15) is 0 Å². The zero-order chi connectivity index (χ0) is 8.97. The maximum atomic E-state index is 4.42. The minimum atomic E-state index is 0.763. The molecule has 0 radical (unpaired) electrons. The van der Waals surface area contributed by atoms with E-state index in [2.05, 4.69) is 38.1 Å². The Hall–Kier alpha value is -0.790. The summed E-state index contributed by atoms with van der Waals surface area (Å²) in [5.41, 5.74) is 1.19. The second-order valence-electron chi connectivity index (χ2n) is 3.61. The molecule has 0 N–H and O–H groups in total. The van der Waals surface area contributed by atoms with Gasteiger partial charge < -0.3 is 0 Å². The largest absolute Gasteiger partial charge is 0.272 e. The highest BCUT2D eigenvalue weighted by atomic mass is 15.3. The first-order valence-corrected chi connectivity index (χ1v) is 4.74. The molecule has 0 fully saturated rings. The maximum Gasteiger partial charge on any atom is 0.0621 e. The van der Waals surface area contributed by atoms with Crippen LogP contribution < -0.4 is 0 Å². The van der Waals surface area contributed by atoms with Crippen LogP contribution in [0.25, 0.3) is 0 Å². The van der Waals surface area contributed by atoms with Gasteiger partial charge in [0.05, 0.1) is 5.69 Å². The lowest BCUT2D eigenvalue weighted by Crippen LogP contribution is -2.02. The quantitative estimate of drug-likeness (QED) is 0.672. The van der Waals surface area contributed by atoms with E-state index in [4.69, 9.17) is 0 Å². The van der Waals surface area contributed by atoms with Crippen molar-refractivity contribution in [2.45, 2.75) is 40.2 Å². The Morgan fingerprint density at radius 3 is 2.75 bits per heavy atom. The predicted molar refractivity (Wildman–Crippen MR) is 51.1 cm³/mol. The first-order chi connectivity index (χ1) is 5.72. The molecule has 0 atom stereocenters. The van der Waals surface area contributed by atoms with Gasteiger partial charge in [0.2, 0.25) is 0 Å². The average molecular weight is 166 g/mol. The van der Waals surface area contributed by atoms with Crippen molar-refractivity contribution in [2.24, 2.45) is 5.92 Å². The number of hydrogen-bond donors (Lipinski definition) is 0.